The van der Waals surface area contributed by atoms with Crippen LogP contribution in [0.1, 0.15) is 86.3 Å². The zero-order valence-electron chi connectivity index (χ0n) is 20.8. The summed E-state index contributed by atoms with van der Waals surface area (Å²) in [6, 6.07) is 8.16. The monoisotopic (exact) mass is 502 g/mol. The molecule has 0 N–H and O–H groups in total. The summed E-state index contributed by atoms with van der Waals surface area (Å²) in [5.41, 5.74) is 3.88. The molecule has 3 heterocycles. The Hall–Kier alpha value is -3.11. The van der Waals surface area contributed by atoms with Crippen LogP contribution in [0.4, 0.5) is 5.00 Å². The van der Waals surface area contributed by atoms with Crippen LogP contribution in [0.15, 0.2) is 29.5 Å². The number of benzene rings is 1. The third-order valence-electron chi connectivity index (χ3n) is 7.91. The Kier molecular flexibility index (Phi) is 5.68. The van der Waals surface area contributed by atoms with Gasteiger partial charge in [0.25, 0.3) is 0 Å². The SMILES string of the molecule is CC1(C)CC(=O)C2=C(C1)N(c1sc3c(c1C#N)CCCCCC3)C(=O)CC2c1ccc2c(c1)OCO2. The first-order valence-electron chi connectivity index (χ1n) is 12.9. The maximum atomic E-state index is 13.9. The highest BCUT2D eigenvalue weighted by atomic mass is 32.1. The number of nitrogens with zero attached hydrogens (tertiary/aromatic N) is 2. The molecular weight excluding hydrogens is 472 g/mol. The van der Waals surface area contributed by atoms with Crippen LogP contribution in [0, 0.1) is 16.7 Å². The number of thiophene rings is 1. The first-order valence-corrected chi connectivity index (χ1v) is 13.7. The molecule has 2 aliphatic heterocycles. The minimum Gasteiger partial charge on any atom is -0.454 e. The quantitative estimate of drug-likeness (QED) is 0.491. The molecule has 2 aliphatic carbocycles. The standard InChI is InChI=1S/C29H30N2O4S/c1-29(2)13-21-27(22(32)14-29)19(17-9-10-23-24(11-17)35-16-34-23)12-26(33)31(21)28-20(15-30)18-7-5-3-4-6-8-25(18)36-28/h9-11,19H,3-8,12-14,16H2,1-2H3. The van der Waals surface area contributed by atoms with Crippen LogP contribution in [0.3, 0.4) is 0 Å². The Morgan fingerprint density at radius 1 is 1.06 bits per heavy atom. The van der Waals surface area contributed by atoms with Gasteiger partial charge in [-0.05, 0) is 60.8 Å². The lowest BCUT2D eigenvalue weighted by Crippen LogP contribution is -2.43. The molecule has 0 radical (unpaired) electrons. The van der Waals surface area contributed by atoms with Crippen molar-refractivity contribution in [1.29, 1.82) is 5.26 Å². The van der Waals surface area contributed by atoms with E-state index in [9.17, 15) is 14.9 Å². The van der Waals surface area contributed by atoms with Crippen molar-refractivity contribution in [2.24, 2.45) is 5.41 Å². The molecule has 36 heavy (non-hydrogen) atoms. The number of ketones is 1. The number of hydrogen-bond donors (Lipinski definition) is 0. The number of carbonyl (C=O) groups is 2. The van der Waals surface area contributed by atoms with Gasteiger partial charge in [0, 0.05) is 34.9 Å². The zero-order chi connectivity index (χ0) is 25.0. The number of allylic oxidation sites excluding steroid dienone is 2. The van der Waals surface area contributed by atoms with E-state index < -0.39 is 0 Å². The Bertz CT molecular complexity index is 1350. The number of anilines is 1. The van der Waals surface area contributed by atoms with E-state index in [0.29, 0.717) is 29.9 Å². The molecule has 0 fully saturated rings. The number of carbonyl (C=O) groups excluding carboxylic acids is 2. The molecule has 0 saturated carbocycles. The van der Waals surface area contributed by atoms with Crippen molar-refractivity contribution in [3.63, 3.8) is 0 Å². The second-order valence-electron chi connectivity index (χ2n) is 11.1. The van der Waals surface area contributed by atoms with Gasteiger partial charge in [-0.2, -0.15) is 5.26 Å². The summed E-state index contributed by atoms with van der Waals surface area (Å²) in [6.07, 6.45) is 7.64. The van der Waals surface area contributed by atoms with Gasteiger partial charge in [0.2, 0.25) is 12.7 Å². The highest BCUT2D eigenvalue weighted by Crippen LogP contribution is 2.51. The van der Waals surface area contributed by atoms with Gasteiger partial charge in [-0.25, -0.2) is 0 Å². The van der Waals surface area contributed by atoms with Crippen molar-refractivity contribution in [2.75, 3.05) is 11.7 Å². The van der Waals surface area contributed by atoms with E-state index in [1.807, 2.05) is 18.2 Å². The third-order valence-corrected chi connectivity index (χ3v) is 9.19. The van der Waals surface area contributed by atoms with E-state index in [1.165, 1.54) is 17.7 Å². The van der Waals surface area contributed by atoms with Gasteiger partial charge < -0.3 is 9.47 Å². The summed E-state index contributed by atoms with van der Waals surface area (Å²) < 4.78 is 11.1. The van der Waals surface area contributed by atoms with Gasteiger partial charge in [0.15, 0.2) is 17.3 Å². The van der Waals surface area contributed by atoms with Crippen LogP contribution in [-0.4, -0.2) is 18.5 Å². The predicted molar refractivity (Wildman–Crippen MR) is 137 cm³/mol. The minimum absolute atomic E-state index is 0.0485. The number of ether oxygens (including phenoxy) is 2. The highest BCUT2D eigenvalue weighted by molar-refractivity contribution is 7.16. The lowest BCUT2D eigenvalue weighted by molar-refractivity contribution is -0.120. The smallest absolute Gasteiger partial charge is 0.232 e. The molecule has 0 saturated heterocycles. The molecule has 6 nitrogen and oxygen atoms in total. The lowest BCUT2D eigenvalue weighted by atomic mass is 9.69. The maximum Gasteiger partial charge on any atom is 0.232 e. The first kappa shape index (κ1) is 23.3. The summed E-state index contributed by atoms with van der Waals surface area (Å²) in [6.45, 7) is 4.35. The van der Waals surface area contributed by atoms with E-state index >= 15 is 0 Å². The third kappa shape index (κ3) is 3.83. The van der Waals surface area contributed by atoms with E-state index in [1.54, 1.807) is 16.2 Å². The molecule has 0 spiro atoms. The van der Waals surface area contributed by atoms with Gasteiger partial charge in [0.1, 0.15) is 11.1 Å². The molecule has 1 aromatic carbocycles. The van der Waals surface area contributed by atoms with Crippen molar-refractivity contribution in [3.05, 3.63) is 51.0 Å². The Labute approximate surface area is 215 Å². The zero-order valence-corrected chi connectivity index (χ0v) is 21.6. The number of nitriles is 1. The number of Topliss-reactive ketones (excluding diaryl/α,β-unsaturated/α-hetero) is 1. The molecule has 2 aromatic rings. The Morgan fingerprint density at radius 3 is 2.64 bits per heavy atom. The summed E-state index contributed by atoms with van der Waals surface area (Å²) >= 11 is 1.59. The molecule has 1 unspecified atom stereocenters. The van der Waals surface area contributed by atoms with Crippen molar-refractivity contribution in [3.8, 4) is 17.6 Å². The lowest BCUT2D eigenvalue weighted by Gasteiger charge is -2.42. The van der Waals surface area contributed by atoms with Crippen LogP contribution < -0.4 is 14.4 Å². The molecule has 0 bridgehead atoms. The first-order chi connectivity index (χ1) is 17.4. The summed E-state index contributed by atoms with van der Waals surface area (Å²) in [5.74, 6) is 1.05. The summed E-state index contributed by atoms with van der Waals surface area (Å²) in [4.78, 5) is 30.6. The Morgan fingerprint density at radius 2 is 1.83 bits per heavy atom. The molecule has 1 amide bonds. The topological polar surface area (TPSA) is 79.6 Å². The largest absolute Gasteiger partial charge is 0.454 e. The number of hydrogen-bond acceptors (Lipinski definition) is 6. The van der Waals surface area contributed by atoms with Crippen LogP contribution in [0.2, 0.25) is 0 Å². The van der Waals surface area contributed by atoms with Gasteiger partial charge >= 0.3 is 0 Å². The second-order valence-corrected chi connectivity index (χ2v) is 12.2. The maximum absolute atomic E-state index is 13.9. The van der Waals surface area contributed by atoms with Crippen molar-refractivity contribution in [1.82, 2.24) is 0 Å². The fraction of sp³-hybridized carbons (Fsp3) is 0.483. The van der Waals surface area contributed by atoms with E-state index in [-0.39, 0.29) is 36.2 Å². The van der Waals surface area contributed by atoms with Crippen molar-refractivity contribution < 1.29 is 19.1 Å². The van der Waals surface area contributed by atoms with E-state index in [2.05, 4.69) is 19.9 Å². The fourth-order valence-electron chi connectivity index (χ4n) is 6.24. The van der Waals surface area contributed by atoms with Crippen molar-refractivity contribution >= 4 is 28.0 Å². The van der Waals surface area contributed by atoms with Crippen LogP contribution in [-0.2, 0) is 22.4 Å². The Balaban J connectivity index is 1.51. The van der Waals surface area contributed by atoms with Gasteiger partial charge in [0.05, 0.1) is 5.56 Å². The average molecular weight is 503 g/mol. The number of fused-ring (bicyclic) bond motifs is 2. The normalized spacial score (nSPS) is 23.0. The number of aryl methyl sites for hydroxylation is 1. The number of rotatable bonds is 2. The fourth-order valence-corrected chi connectivity index (χ4v) is 7.62. The van der Waals surface area contributed by atoms with Gasteiger partial charge in [-0.1, -0.05) is 32.8 Å². The molecule has 1 atom stereocenters. The van der Waals surface area contributed by atoms with Crippen LogP contribution in [0.25, 0.3) is 0 Å². The molecule has 1 aromatic heterocycles. The minimum atomic E-state index is -0.326. The predicted octanol–water partition coefficient (Wildman–Crippen LogP) is 6.17. The van der Waals surface area contributed by atoms with Crippen LogP contribution in [0.5, 0.6) is 11.5 Å². The molecule has 186 valence electrons. The highest BCUT2D eigenvalue weighted by Gasteiger charge is 2.45. The average Bonchev–Trinajstić information content (AvgIpc) is 3.41. The molecule has 6 rings (SSSR count). The van der Waals surface area contributed by atoms with Crippen molar-refractivity contribution in [2.45, 2.75) is 77.6 Å². The van der Waals surface area contributed by atoms with Gasteiger partial charge in [-0.15, -0.1) is 11.3 Å². The van der Waals surface area contributed by atoms with Gasteiger partial charge in [-0.3, -0.25) is 14.5 Å². The second kappa shape index (κ2) is 8.77. The molecular formula is C29H30N2O4S. The van der Waals surface area contributed by atoms with E-state index in [4.69, 9.17) is 9.47 Å². The summed E-state index contributed by atoms with van der Waals surface area (Å²) in [7, 11) is 0. The summed E-state index contributed by atoms with van der Waals surface area (Å²) in [5, 5.41) is 10.9. The van der Waals surface area contributed by atoms with E-state index in [0.717, 1.165) is 53.1 Å². The molecule has 4 aliphatic rings. The number of amides is 1. The van der Waals surface area contributed by atoms with Crippen LogP contribution >= 0.6 is 11.3 Å². The molecule has 7 heteroatoms.